The maximum atomic E-state index is 10.7. The fourth-order valence-corrected chi connectivity index (χ4v) is 3.33. The molecule has 1 heterocycles. The summed E-state index contributed by atoms with van der Waals surface area (Å²) in [5.41, 5.74) is 6.56. The lowest BCUT2D eigenvalue weighted by molar-refractivity contribution is 0.112. The van der Waals surface area contributed by atoms with Gasteiger partial charge < -0.3 is 0 Å². The van der Waals surface area contributed by atoms with Gasteiger partial charge in [-0.25, -0.2) is 0 Å². The van der Waals surface area contributed by atoms with E-state index in [0.717, 1.165) is 37.9 Å². The average molecular weight is 293 g/mol. The summed E-state index contributed by atoms with van der Waals surface area (Å²) in [5.74, 6) is 0.595. The van der Waals surface area contributed by atoms with Crippen LogP contribution in [0.3, 0.4) is 0 Å². The fourth-order valence-electron chi connectivity index (χ4n) is 3.33. The van der Waals surface area contributed by atoms with Crippen LogP contribution in [-0.2, 0) is 19.5 Å². The molecule has 114 valence electrons. The molecule has 2 heteroatoms. The standard InChI is InChI=1S/C20H23NO/c1-15(2)19-5-3-4-18-13-21(11-10-20(18)19)12-16-6-8-17(14-22)9-7-16/h3-9,14-15H,10-13H2,1-2H3. The highest BCUT2D eigenvalue weighted by Crippen LogP contribution is 2.28. The Morgan fingerprint density at radius 2 is 1.91 bits per heavy atom. The minimum Gasteiger partial charge on any atom is -0.298 e. The number of benzene rings is 2. The van der Waals surface area contributed by atoms with E-state index in [9.17, 15) is 4.79 Å². The second kappa shape index (κ2) is 6.45. The van der Waals surface area contributed by atoms with Crippen LogP contribution in [-0.4, -0.2) is 17.7 Å². The third-order valence-corrected chi connectivity index (χ3v) is 4.53. The number of nitrogens with zero attached hydrogens (tertiary/aromatic N) is 1. The summed E-state index contributed by atoms with van der Waals surface area (Å²) in [5, 5.41) is 0. The van der Waals surface area contributed by atoms with Crippen LogP contribution in [0.25, 0.3) is 0 Å². The van der Waals surface area contributed by atoms with Crippen molar-refractivity contribution in [3.63, 3.8) is 0 Å². The number of carbonyl (C=O) groups excluding carboxylic acids is 1. The first-order valence-corrected chi connectivity index (χ1v) is 8.04. The predicted octanol–water partition coefficient (Wildman–Crippen LogP) is 4.18. The molecule has 0 radical (unpaired) electrons. The van der Waals surface area contributed by atoms with Gasteiger partial charge in [-0.1, -0.05) is 56.3 Å². The van der Waals surface area contributed by atoms with E-state index in [-0.39, 0.29) is 0 Å². The molecule has 0 bridgehead atoms. The molecule has 0 amide bonds. The quantitative estimate of drug-likeness (QED) is 0.788. The van der Waals surface area contributed by atoms with Crippen LogP contribution in [0.1, 0.15) is 52.4 Å². The van der Waals surface area contributed by atoms with Crippen LogP contribution in [0.2, 0.25) is 0 Å². The molecular weight excluding hydrogens is 270 g/mol. The molecular formula is C20H23NO. The maximum Gasteiger partial charge on any atom is 0.150 e. The molecule has 22 heavy (non-hydrogen) atoms. The molecule has 1 aliphatic heterocycles. The van der Waals surface area contributed by atoms with Crippen molar-refractivity contribution in [2.24, 2.45) is 0 Å². The van der Waals surface area contributed by atoms with Crippen molar-refractivity contribution in [3.8, 4) is 0 Å². The van der Waals surface area contributed by atoms with Crippen molar-refractivity contribution in [2.45, 2.75) is 39.3 Å². The fraction of sp³-hybridized carbons (Fsp3) is 0.350. The van der Waals surface area contributed by atoms with Crippen LogP contribution >= 0.6 is 0 Å². The number of hydrogen-bond donors (Lipinski definition) is 0. The molecule has 0 atom stereocenters. The van der Waals surface area contributed by atoms with E-state index in [1.807, 2.05) is 12.1 Å². The predicted molar refractivity (Wildman–Crippen MR) is 90.2 cm³/mol. The number of fused-ring (bicyclic) bond motifs is 1. The van der Waals surface area contributed by atoms with E-state index in [1.165, 1.54) is 16.7 Å². The van der Waals surface area contributed by atoms with Crippen molar-refractivity contribution >= 4 is 6.29 Å². The van der Waals surface area contributed by atoms with Crippen molar-refractivity contribution < 1.29 is 4.79 Å². The van der Waals surface area contributed by atoms with E-state index < -0.39 is 0 Å². The highest BCUT2D eigenvalue weighted by atomic mass is 16.1. The zero-order valence-electron chi connectivity index (χ0n) is 13.4. The second-order valence-electron chi connectivity index (χ2n) is 6.46. The molecule has 3 rings (SSSR count). The molecule has 0 aromatic heterocycles. The zero-order chi connectivity index (χ0) is 15.5. The van der Waals surface area contributed by atoms with Crippen LogP contribution in [0, 0.1) is 0 Å². The highest BCUT2D eigenvalue weighted by Gasteiger charge is 2.19. The van der Waals surface area contributed by atoms with Crippen molar-refractivity contribution in [2.75, 3.05) is 6.54 Å². The summed E-state index contributed by atoms with van der Waals surface area (Å²) < 4.78 is 0. The summed E-state index contributed by atoms with van der Waals surface area (Å²) in [4.78, 5) is 13.2. The molecule has 0 spiro atoms. The smallest absolute Gasteiger partial charge is 0.150 e. The Balaban J connectivity index is 1.74. The van der Waals surface area contributed by atoms with Crippen LogP contribution in [0.5, 0.6) is 0 Å². The molecule has 0 unspecified atom stereocenters. The zero-order valence-corrected chi connectivity index (χ0v) is 13.4. The normalized spacial score (nSPS) is 14.9. The van der Waals surface area contributed by atoms with Gasteiger partial charge in [0.2, 0.25) is 0 Å². The lowest BCUT2D eigenvalue weighted by Crippen LogP contribution is -2.30. The number of rotatable bonds is 4. The molecule has 0 N–H and O–H groups in total. The van der Waals surface area contributed by atoms with Gasteiger partial charge in [0.15, 0.2) is 0 Å². The molecule has 0 saturated carbocycles. The summed E-state index contributed by atoms with van der Waals surface area (Å²) >= 11 is 0. The molecule has 2 nitrogen and oxygen atoms in total. The van der Waals surface area contributed by atoms with E-state index in [0.29, 0.717) is 5.92 Å². The van der Waals surface area contributed by atoms with Gasteiger partial charge in [0.25, 0.3) is 0 Å². The van der Waals surface area contributed by atoms with Crippen LogP contribution in [0.15, 0.2) is 42.5 Å². The van der Waals surface area contributed by atoms with Gasteiger partial charge in [0.1, 0.15) is 6.29 Å². The minimum absolute atomic E-state index is 0.595. The van der Waals surface area contributed by atoms with E-state index in [2.05, 4.69) is 49.1 Å². The van der Waals surface area contributed by atoms with Gasteiger partial charge in [0.05, 0.1) is 0 Å². The van der Waals surface area contributed by atoms with E-state index >= 15 is 0 Å². The summed E-state index contributed by atoms with van der Waals surface area (Å²) in [6, 6.07) is 14.7. The first-order valence-electron chi connectivity index (χ1n) is 8.04. The van der Waals surface area contributed by atoms with E-state index in [1.54, 1.807) is 5.56 Å². The highest BCUT2D eigenvalue weighted by molar-refractivity contribution is 5.74. The van der Waals surface area contributed by atoms with Gasteiger partial charge >= 0.3 is 0 Å². The van der Waals surface area contributed by atoms with Crippen molar-refractivity contribution in [1.82, 2.24) is 4.90 Å². The molecule has 2 aromatic carbocycles. The average Bonchev–Trinajstić information content (AvgIpc) is 2.54. The topological polar surface area (TPSA) is 20.3 Å². The third-order valence-electron chi connectivity index (χ3n) is 4.53. The Morgan fingerprint density at radius 1 is 1.14 bits per heavy atom. The van der Waals surface area contributed by atoms with Gasteiger partial charge in [-0.15, -0.1) is 0 Å². The number of carbonyl (C=O) groups is 1. The third kappa shape index (κ3) is 3.12. The number of hydrogen-bond acceptors (Lipinski definition) is 2. The summed E-state index contributed by atoms with van der Waals surface area (Å²) in [6.45, 7) is 7.62. The lowest BCUT2D eigenvalue weighted by atomic mass is 9.89. The molecule has 1 aliphatic rings. The van der Waals surface area contributed by atoms with Crippen molar-refractivity contribution in [3.05, 3.63) is 70.3 Å². The minimum atomic E-state index is 0.595. The van der Waals surface area contributed by atoms with Crippen molar-refractivity contribution in [1.29, 1.82) is 0 Å². The Morgan fingerprint density at radius 3 is 2.59 bits per heavy atom. The molecule has 2 aromatic rings. The first-order chi connectivity index (χ1) is 10.7. The number of aldehydes is 1. The Bertz CT molecular complexity index is 658. The SMILES string of the molecule is CC(C)c1cccc2c1CCN(Cc1ccc(C=O)cc1)C2. The molecule has 0 aliphatic carbocycles. The van der Waals surface area contributed by atoms with E-state index in [4.69, 9.17) is 0 Å². The second-order valence-corrected chi connectivity index (χ2v) is 6.46. The van der Waals surface area contributed by atoms with Gasteiger partial charge in [0, 0.05) is 25.2 Å². The first kappa shape index (κ1) is 15.0. The van der Waals surface area contributed by atoms with Crippen LogP contribution < -0.4 is 0 Å². The Kier molecular flexibility index (Phi) is 4.39. The molecule has 0 fully saturated rings. The summed E-state index contributed by atoms with van der Waals surface area (Å²) in [6.07, 6.45) is 2.03. The van der Waals surface area contributed by atoms with Gasteiger partial charge in [-0.05, 0) is 34.6 Å². The van der Waals surface area contributed by atoms with Gasteiger partial charge in [-0.3, -0.25) is 9.69 Å². The largest absolute Gasteiger partial charge is 0.298 e. The Hall–Kier alpha value is -1.93. The monoisotopic (exact) mass is 293 g/mol. The Labute approximate surface area is 132 Å². The summed E-state index contributed by atoms with van der Waals surface area (Å²) in [7, 11) is 0. The maximum absolute atomic E-state index is 10.7. The molecule has 0 saturated heterocycles. The lowest BCUT2D eigenvalue weighted by Gasteiger charge is -2.31. The van der Waals surface area contributed by atoms with Gasteiger partial charge in [-0.2, -0.15) is 0 Å². The van der Waals surface area contributed by atoms with Crippen LogP contribution in [0.4, 0.5) is 0 Å².